The highest BCUT2D eigenvalue weighted by molar-refractivity contribution is 5.90. The second-order valence-corrected chi connectivity index (χ2v) is 7.04. The number of anilines is 2. The predicted molar refractivity (Wildman–Crippen MR) is 111 cm³/mol. The molecular weight excluding hydrogens is 354 g/mol. The number of nitrogens with zero attached hydrogens (tertiary/aromatic N) is 2. The van der Waals surface area contributed by atoms with E-state index in [-0.39, 0.29) is 5.91 Å². The lowest BCUT2D eigenvalue weighted by Gasteiger charge is -2.21. The predicted octanol–water partition coefficient (Wildman–Crippen LogP) is 4.05. The van der Waals surface area contributed by atoms with Crippen LogP contribution in [0.3, 0.4) is 0 Å². The summed E-state index contributed by atoms with van der Waals surface area (Å²) in [6.45, 7) is 2.12. The number of carbonyl (C=O) groups is 1. The number of nitrogens with one attached hydrogen (secondary N) is 1. The molecule has 1 saturated heterocycles. The van der Waals surface area contributed by atoms with Gasteiger partial charge < -0.3 is 19.7 Å². The fraction of sp³-hybridized carbons (Fsp3) is 0.455. The Morgan fingerprint density at radius 2 is 1.79 bits per heavy atom. The molecule has 0 spiro atoms. The summed E-state index contributed by atoms with van der Waals surface area (Å²) in [6, 6.07) is 9.64. The van der Waals surface area contributed by atoms with E-state index < -0.39 is 0 Å². The molecule has 3 rings (SSSR count). The van der Waals surface area contributed by atoms with Crippen molar-refractivity contribution in [2.75, 3.05) is 37.5 Å². The minimum atomic E-state index is -0.0286. The molecule has 2 aromatic rings. The van der Waals surface area contributed by atoms with Crippen LogP contribution in [0.1, 0.15) is 37.7 Å². The number of carbonyl (C=O) groups excluding carboxylic acids is 1. The van der Waals surface area contributed by atoms with E-state index in [0.717, 1.165) is 30.2 Å². The Morgan fingerprint density at radius 3 is 2.43 bits per heavy atom. The Labute approximate surface area is 166 Å². The summed E-state index contributed by atoms with van der Waals surface area (Å²) in [5.74, 6) is 2.32. The highest BCUT2D eigenvalue weighted by Crippen LogP contribution is 2.28. The van der Waals surface area contributed by atoms with Gasteiger partial charge in [0.1, 0.15) is 5.82 Å². The molecule has 6 heteroatoms. The fourth-order valence-corrected chi connectivity index (χ4v) is 3.46. The molecule has 28 heavy (non-hydrogen) atoms. The van der Waals surface area contributed by atoms with Crippen LogP contribution in [0.15, 0.2) is 36.5 Å². The van der Waals surface area contributed by atoms with Crippen LogP contribution in [0.25, 0.3) is 0 Å². The quantitative estimate of drug-likeness (QED) is 0.781. The van der Waals surface area contributed by atoms with Crippen molar-refractivity contribution in [1.29, 1.82) is 0 Å². The first-order chi connectivity index (χ1) is 13.7. The molecule has 0 atom stereocenters. The van der Waals surface area contributed by atoms with Crippen molar-refractivity contribution in [3.63, 3.8) is 0 Å². The van der Waals surface area contributed by atoms with Crippen LogP contribution >= 0.6 is 0 Å². The molecule has 0 bridgehead atoms. The normalized spacial score (nSPS) is 14.3. The van der Waals surface area contributed by atoms with Gasteiger partial charge in [-0.3, -0.25) is 4.79 Å². The smallest absolute Gasteiger partial charge is 0.224 e. The molecule has 1 fully saturated rings. The molecule has 0 unspecified atom stereocenters. The van der Waals surface area contributed by atoms with Gasteiger partial charge in [0.05, 0.1) is 26.1 Å². The maximum Gasteiger partial charge on any atom is 0.224 e. The van der Waals surface area contributed by atoms with Gasteiger partial charge in [0.15, 0.2) is 11.5 Å². The maximum atomic E-state index is 12.3. The monoisotopic (exact) mass is 383 g/mol. The second kappa shape index (κ2) is 9.97. The molecule has 0 aliphatic carbocycles. The van der Waals surface area contributed by atoms with Crippen LogP contribution in [0.2, 0.25) is 0 Å². The molecular formula is C22H29N3O3. The average Bonchev–Trinajstić information content (AvgIpc) is 3.02. The number of aryl methyl sites for hydroxylation is 1. The molecule has 1 aliphatic heterocycles. The van der Waals surface area contributed by atoms with Gasteiger partial charge >= 0.3 is 0 Å². The number of amides is 1. The Balaban J connectivity index is 1.52. The first-order valence-corrected chi connectivity index (χ1v) is 9.91. The number of hydrogen-bond donors (Lipinski definition) is 1. The first kappa shape index (κ1) is 20.0. The van der Waals surface area contributed by atoms with Crippen molar-refractivity contribution >= 4 is 17.4 Å². The zero-order chi connectivity index (χ0) is 19.8. The van der Waals surface area contributed by atoms with Gasteiger partial charge in [0, 0.05) is 19.5 Å². The molecule has 2 heterocycles. The number of pyridine rings is 1. The lowest BCUT2D eigenvalue weighted by Crippen LogP contribution is -2.24. The van der Waals surface area contributed by atoms with Crippen molar-refractivity contribution in [3.8, 4) is 11.5 Å². The molecule has 6 nitrogen and oxygen atoms in total. The van der Waals surface area contributed by atoms with Crippen LogP contribution in [-0.4, -0.2) is 38.2 Å². The highest BCUT2D eigenvalue weighted by Gasteiger charge is 2.12. The van der Waals surface area contributed by atoms with E-state index >= 15 is 0 Å². The molecule has 1 N–H and O–H groups in total. The Bertz CT molecular complexity index is 769. The third-order valence-electron chi connectivity index (χ3n) is 5.05. The summed E-state index contributed by atoms with van der Waals surface area (Å²) >= 11 is 0. The standard InChI is InChI=1S/C22H29N3O3/c1-27-19-10-7-17(15-20(19)28-2)8-12-22(26)24-18-9-11-21(23-16-18)25-13-5-3-4-6-14-25/h7,9-11,15-16H,3-6,8,12-14H2,1-2H3,(H,24,26). The number of aromatic nitrogens is 1. The van der Waals surface area contributed by atoms with Crippen LogP contribution in [0.5, 0.6) is 11.5 Å². The minimum absolute atomic E-state index is 0.0286. The number of ether oxygens (including phenoxy) is 2. The van der Waals surface area contributed by atoms with Gasteiger partial charge in [-0.25, -0.2) is 4.98 Å². The summed E-state index contributed by atoms with van der Waals surface area (Å²) in [6.07, 6.45) is 7.80. The van der Waals surface area contributed by atoms with Gasteiger partial charge in [-0.2, -0.15) is 0 Å². The fourth-order valence-electron chi connectivity index (χ4n) is 3.46. The number of benzene rings is 1. The van der Waals surface area contributed by atoms with Crippen LogP contribution in [-0.2, 0) is 11.2 Å². The number of hydrogen-bond acceptors (Lipinski definition) is 5. The maximum absolute atomic E-state index is 12.3. The van der Waals surface area contributed by atoms with Crippen molar-refractivity contribution in [1.82, 2.24) is 4.98 Å². The molecule has 1 aliphatic rings. The third kappa shape index (κ3) is 5.38. The van der Waals surface area contributed by atoms with Crippen LogP contribution < -0.4 is 19.7 Å². The zero-order valence-electron chi connectivity index (χ0n) is 16.7. The van der Waals surface area contributed by atoms with Crippen molar-refractivity contribution in [3.05, 3.63) is 42.1 Å². The molecule has 150 valence electrons. The third-order valence-corrected chi connectivity index (χ3v) is 5.05. The lowest BCUT2D eigenvalue weighted by atomic mass is 10.1. The van der Waals surface area contributed by atoms with E-state index in [9.17, 15) is 4.79 Å². The van der Waals surface area contributed by atoms with Crippen LogP contribution in [0, 0.1) is 0 Å². The summed E-state index contributed by atoms with van der Waals surface area (Å²) in [7, 11) is 3.22. The van der Waals surface area contributed by atoms with E-state index in [1.54, 1.807) is 20.4 Å². The molecule has 1 amide bonds. The number of methoxy groups -OCH3 is 2. The topological polar surface area (TPSA) is 63.7 Å². The molecule has 1 aromatic heterocycles. The van der Waals surface area contributed by atoms with Gasteiger partial charge in [-0.05, 0) is 49.1 Å². The number of rotatable bonds is 7. The highest BCUT2D eigenvalue weighted by atomic mass is 16.5. The first-order valence-electron chi connectivity index (χ1n) is 9.91. The van der Waals surface area contributed by atoms with E-state index in [2.05, 4.69) is 15.2 Å². The van der Waals surface area contributed by atoms with E-state index in [1.165, 1.54) is 25.7 Å². The molecule has 1 aromatic carbocycles. The molecule has 0 radical (unpaired) electrons. The van der Waals surface area contributed by atoms with Gasteiger partial charge in [-0.15, -0.1) is 0 Å². The van der Waals surface area contributed by atoms with Crippen molar-refractivity contribution < 1.29 is 14.3 Å². The zero-order valence-corrected chi connectivity index (χ0v) is 16.7. The Kier molecular flexibility index (Phi) is 7.12. The van der Waals surface area contributed by atoms with Gasteiger partial charge in [0.2, 0.25) is 5.91 Å². The summed E-state index contributed by atoms with van der Waals surface area (Å²) in [5.41, 5.74) is 1.76. The van der Waals surface area contributed by atoms with E-state index in [1.807, 2.05) is 30.3 Å². The SMILES string of the molecule is COc1ccc(CCC(=O)Nc2ccc(N3CCCCCC3)nc2)cc1OC. The van der Waals surface area contributed by atoms with E-state index in [0.29, 0.717) is 24.3 Å². The van der Waals surface area contributed by atoms with Gasteiger partial charge in [-0.1, -0.05) is 18.9 Å². The van der Waals surface area contributed by atoms with E-state index in [4.69, 9.17) is 9.47 Å². The largest absolute Gasteiger partial charge is 0.493 e. The summed E-state index contributed by atoms with van der Waals surface area (Å²) in [5, 5.41) is 2.93. The minimum Gasteiger partial charge on any atom is -0.493 e. The summed E-state index contributed by atoms with van der Waals surface area (Å²) in [4.78, 5) is 19.2. The second-order valence-electron chi connectivity index (χ2n) is 7.04. The lowest BCUT2D eigenvalue weighted by molar-refractivity contribution is -0.116. The summed E-state index contributed by atoms with van der Waals surface area (Å²) < 4.78 is 10.6. The molecule has 0 saturated carbocycles. The average molecular weight is 383 g/mol. The van der Waals surface area contributed by atoms with Crippen molar-refractivity contribution in [2.45, 2.75) is 38.5 Å². The van der Waals surface area contributed by atoms with Crippen molar-refractivity contribution in [2.24, 2.45) is 0 Å². The Morgan fingerprint density at radius 1 is 1.04 bits per heavy atom. The Hall–Kier alpha value is -2.76. The van der Waals surface area contributed by atoms with Crippen LogP contribution in [0.4, 0.5) is 11.5 Å². The van der Waals surface area contributed by atoms with Gasteiger partial charge in [0.25, 0.3) is 0 Å².